The Morgan fingerprint density at radius 3 is 2.50 bits per heavy atom. The third kappa shape index (κ3) is 2.92. The average molecular weight is 375 g/mol. The molecule has 0 bridgehead atoms. The van der Waals surface area contributed by atoms with Crippen molar-refractivity contribution in [3.8, 4) is 17.1 Å². The molecule has 1 heterocycles. The first-order valence-corrected chi connectivity index (χ1v) is 7.08. The molecule has 94 valence electrons. The predicted octanol–water partition coefficient (Wildman–Crippen LogP) is 4.06. The van der Waals surface area contributed by atoms with Gasteiger partial charge in [-0.05, 0) is 53.3 Å². The van der Waals surface area contributed by atoms with Gasteiger partial charge in [0.05, 0.1) is 9.26 Å². The first kappa shape index (κ1) is 13.5. The number of halogens is 2. The van der Waals surface area contributed by atoms with Crippen molar-refractivity contribution in [2.45, 2.75) is 19.8 Å². The molecule has 0 aliphatic rings. The molecule has 0 radical (unpaired) electrons. The fraction of sp³-hybridized carbons (Fsp3) is 0.231. The Morgan fingerprint density at radius 2 is 1.89 bits per heavy atom. The van der Waals surface area contributed by atoms with Gasteiger partial charge in [-0.1, -0.05) is 24.9 Å². The summed E-state index contributed by atoms with van der Waals surface area (Å²) in [6.07, 6.45) is 1.89. The number of hydrogen-bond donors (Lipinski definition) is 1. The fourth-order valence-corrected chi connectivity index (χ4v) is 2.31. The summed E-state index contributed by atoms with van der Waals surface area (Å²) in [6.45, 7) is 2.10. The van der Waals surface area contributed by atoms with Crippen LogP contribution in [0.5, 0.6) is 5.75 Å². The molecule has 5 heteroatoms. The number of phenolic OH excluding ortho intramolecular Hbond substituents is 1. The summed E-state index contributed by atoms with van der Waals surface area (Å²) in [5.41, 5.74) is 1.82. The van der Waals surface area contributed by atoms with Crippen LogP contribution in [0.25, 0.3) is 11.4 Å². The Balaban J connectivity index is 2.48. The summed E-state index contributed by atoms with van der Waals surface area (Å²) >= 11 is 8.30. The smallest absolute Gasteiger partial charge is 0.161 e. The van der Waals surface area contributed by atoms with Crippen molar-refractivity contribution in [3.05, 3.63) is 38.7 Å². The topological polar surface area (TPSA) is 46.0 Å². The standard InChI is InChI=1S/C13H12ClIN2O/c1-2-3-10-11(15)12(14)17-13(16-10)8-4-6-9(18)7-5-8/h4-7,18H,2-3H2,1H3. The maximum absolute atomic E-state index is 9.27. The Kier molecular flexibility index (Phi) is 4.40. The van der Waals surface area contributed by atoms with Crippen LogP contribution in [-0.2, 0) is 6.42 Å². The van der Waals surface area contributed by atoms with E-state index in [9.17, 15) is 5.11 Å². The molecule has 0 amide bonds. The van der Waals surface area contributed by atoms with E-state index in [-0.39, 0.29) is 5.75 Å². The van der Waals surface area contributed by atoms with E-state index in [1.165, 1.54) is 0 Å². The van der Waals surface area contributed by atoms with Crippen molar-refractivity contribution in [2.24, 2.45) is 0 Å². The minimum atomic E-state index is 0.226. The van der Waals surface area contributed by atoms with Gasteiger partial charge in [-0.15, -0.1) is 0 Å². The van der Waals surface area contributed by atoms with Crippen molar-refractivity contribution in [1.29, 1.82) is 0 Å². The van der Waals surface area contributed by atoms with Gasteiger partial charge in [0.2, 0.25) is 0 Å². The lowest BCUT2D eigenvalue weighted by molar-refractivity contribution is 0.475. The molecule has 0 aliphatic heterocycles. The van der Waals surface area contributed by atoms with Crippen molar-refractivity contribution in [3.63, 3.8) is 0 Å². The Morgan fingerprint density at radius 1 is 1.22 bits per heavy atom. The van der Waals surface area contributed by atoms with Crippen LogP contribution in [0.1, 0.15) is 19.0 Å². The molecular formula is C13H12ClIN2O. The van der Waals surface area contributed by atoms with Gasteiger partial charge >= 0.3 is 0 Å². The average Bonchev–Trinajstić information content (AvgIpc) is 2.36. The fourth-order valence-electron chi connectivity index (χ4n) is 1.61. The minimum absolute atomic E-state index is 0.226. The molecule has 2 rings (SSSR count). The van der Waals surface area contributed by atoms with Gasteiger partial charge in [-0.2, -0.15) is 0 Å². The van der Waals surface area contributed by atoms with Gasteiger partial charge < -0.3 is 5.11 Å². The van der Waals surface area contributed by atoms with E-state index in [0.29, 0.717) is 11.0 Å². The number of hydrogen-bond acceptors (Lipinski definition) is 3. The van der Waals surface area contributed by atoms with Crippen molar-refractivity contribution < 1.29 is 5.11 Å². The first-order valence-electron chi connectivity index (χ1n) is 5.63. The number of phenols is 1. The molecule has 1 aromatic heterocycles. The van der Waals surface area contributed by atoms with Gasteiger partial charge in [-0.3, -0.25) is 0 Å². The number of aromatic hydroxyl groups is 1. The number of rotatable bonds is 3. The molecule has 0 atom stereocenters. The van der Waals surface area contributed by atoms with Crippen LogP contribution in [-0.4, -0.2) is 15.1 Å². The van der Waals surface area contributed by atoms with E-state index in [1.54, 1.807) is 24.3 Å². The predicted molar refractivity (Wildman–Crippen MR) is 80.9 cm³/mol. The zero-order valence-electron chi connectivity index (χ0n) is 9.82. The van der Waals surface area contributed by atoms with E-state index < -0.39 is 0 Å². The zero-order chi connectivity index (χ0) is 13.1. The Hall–Kier alpha value is -0.880. The molecular weight excluding hydrogens is 363 g/mol. The highest BCUT2D eigenvalue weighted by atomic mass is 127. The highest BCUT2D eigenvalue weighted by Crippen LogP contribution is 2.25. The molecule has 0 spiro atoms. The Bertz CT molecular complexity index is 558. The molecule has 1 aromatic carbocycles. The lowest BCUT2D eigenvalue weighted by Gasteiger charge is -2.07. The SMILES string of the molecule is CCCc1nc(-c2ccc(O)cc2)nc(Cl)c1I. The van der Waals surface area contributed by atoms with E-state index in [4.69, 9.17) is 11.6 Å². The van der Waals surface area contributed by atoms with E-state index in [0.717, 1.165) is 27.7 Å². The number of aryl methyl sites for hydroxylation is 1. The van der Waals surface area contributed by atoms with Crippen molar-refractivity contribution in [2.75, 3.05) is 0 Å². The van der Waals surface area contributed by atoms with Crippen LogP contribution in [0, 0.1) is 3.57 Å². The maximum atomic E-state index is 9.27. The zero-order valence-corrected chi connectivity index (χ0v) is 12.7. The molecule has 2 aromatic rings. The van der Waals surface area contributed by atoms with Crippen LogP contribution in [0.4, 0.5) is 0 Å². The third-order valence-corrected chi connectivity index (χ3v) is 4.22. The van der Waals surface area contributed by atoms with E-state index in [1.807, 2.05) is 0 Å². The van der Waals surface area contributed by atoms with Crippen LogP contribution >= 0.6 is 34.2 Å². The minimum Gasteiger partial charge on any atom is -0.508 e. The monoisotopic (exact) mass is 374 g/mol. The number of nitrogens with zero attached hydrogens (tertiary/aromatic N) is 2. The molecule has 1 N–H and O–H groups in total. The van der Waals surface area contributed by atoms with Gasteiger partial charge in [0.15, 0.2) is 5.82 Å². The van der Waals surface area contributed by atoms with Crippen molar-refractivity contribution >= 4 is 34.2 Å². The van der Waals surface area contributed by atoms with Crippen LogP contribution in [0.3, 0.4) is 0 Å². The maximum Gasteiger partial charge on any atom is 0.161 e. The lowest BCUT2D eigenvalue weighted by atomic mass is 10.2. The van der Waals surface area contributed by atoms with Crippen LogP contribution in [0.2, 0.25) is 5.15 Å². The molecule has 0 unspecified atom stereocenters. The van der Waals surface area contributed by atoms with Gasteiger partial charge in [-0.25, -0.2) is 9.97 Å². The summed E-state index contributed by atoms with van der Waals surface area (Å²) < 4.78 is 0.915. The second kappa shape index (κ2) is 5.84. The summed E-state index contributed by atoms with van der Waals surface area (Å²) in [5, 5.41) is 9.76. The summed E-state index contributed by atoms with van der Waals surface area (Å²) in [4.78, 5) is 8.82. The van der Waals surface area contributed by atoms with E-state index >= 15 is 0 Å². The molecule has 0 fully saturated rings. The quantitative estimate of drug-likeness (QED) is 0.651. The van der Waals surface area contributed by atoms with Gasteiger partial charge in [0.1, 0.15) is 10.9 Å². The molecule has 18 heavy (non-hydrogen) atoms. The molecule has 3 nitrogen and oxygen atoms in total. The number of aromatic nitrogens is 2. The highest BCUT2D eigenvalue weighted by Gasteiger charge is 2.11. The largest absolute Gasteiger partial charge is 0.508 e. The van der Waals surface area contributed by atoms with Crippen molar-refractivity contribution in [1.82, 2.24) is 9.97 Å². The Labute approximate surface area is 124 Å². The third-order valence-electron chi connectivity index (χ3n) is 2.49. The van der Waals surface area contributed by atoms with Gasteiger partial charge in [0.25, 0.3) is 0 Å². The van der Waals surface area contributed by atoms with Gasteiger partial charge in [0, 0.05) is 5.56 Å². The van der Waals surface area contributed by atoms with Crippen LogP contribution in [0.15, 0.2) is 24.3 Å². The number of benzene rings is 1. The highest BCUT2D eigenvalue weighted by molar-refractivity contribution is 14.1. The van der Waals surface area contributed by atoms with Crippen LogP contribution < -0.4 is 0 Å². The van der Waals surface area contributed by atoms with E-state index in [2.05, 4.69) is 39.5 Å². The second-order valence-electron chi connectivity index (χ2n) is 3.90. The normalized spacial score (nSPS) is 10.6. The first-order chi connectivity index (χ1) is 8.61. The lowest BCUT2D eigenvalue weighted by Crippen LogP contribution is -2.00. The molecule has 0 saturated carbocycles. The molecule has 0 saturated heterocycles. The summed E-state index contributed by atoms with van der Waals surface area (Å²) in [7, 11) is 0. The summed E-state index contributed by atoms with van der Waals surface area (Å²) in [6, 6.07) is 6.79. The molecule has 0 aliphatic carbocycles. The second-order valence-corrected chi connectivity index (χ2v) is 5.33. The summed E-state index contributed by atoms with van der Waals surface area (Å²) in [5.74, 6) is 0.827.